The fraction of sp³-hybridized carbons (Fsp3) is 0.556. The van der Waals surface area contributed by atoms with E-state index in [9.17, 15) is 8.42 Å². The van der Waals surface area contributed by atoms with E-state index < -0.39 is 10.0 Å². The number of halogens is 2. The van der Waals surface area contributed by atoms with Gasteiger partial charge in [-0.15, -0.1) is 11.3 Å². The molecule has 0 radical (unpaired) electrons. The molecule has 0 aromatic carbocycles. The summed E-state index contributed by atoms with van der Waals surface area (Å²) in [6.45, 7) is 2.15. The first-order valence-corrected chi connectivity index (χ1v) is 8.58. The van der Waals surface area contributed by atoms with E-state index in [2.05, 4.69) is 26.0 Å². The van der Waals surface area contributed by atoms with E-state index in [-0.39, 0.29) is 4.21 Å². The Bertz CT molecular complexity index is 459. The molecule has 0 saturated heterocycles. The molecule has 1 aromatic heterocycles. The first-order chi connectivity index (χ1) is 8.47. The van der Waals surface area contributed by atoms with E-state index in [1.165, 1.54) is 6.07 Å². The number of ether oxygens (including phenoxy) is 1. The van der Waals surface area contributed by atoms with Crippen LogP contribution in [0, 0.1) is 0 Å². The van der Waals surface area contributed by atoms with Crippen molar-refractivity contribution in [2.24, 2.45) is 0 Å². The molecule has 0 saturated carbocycles. The van der Waals surface area contributed by atoms with Gasteiger partial charge in [0.2, 0.25) is 10.0 Å². The fourth-order valence-electron chi connectivity index (χ4n) is 1.10. The Morgan fingerprint density at radius 3 is 2.72 bits per heavy atom. The number of rotatable bonds is 8. The molecule has 0 spiro atoms. The quantitative estimate of drug-likeness (QED) is 0.676. The molecule has 104 valence electrons. The maximum absolute atomic E-state index is 11.9. The van der Waals surface area contributed by atoms with Gasteiger partial charge in [0.25, 0.3) is 0 Å². The minimum atomic E-state index is -3.47. The molecule has 0 bridgehead atoms. The molecule has 9 heteroatoms. The van der Waals surface area contributed by atoms with Crippen molar-refractivity contribution in [1.82, 2.24) is 10.0 Å². The lowest BCUT2D eigenvalue weighted by Crippen LogP contribution is -2.32. The van der Waals surface area contributed by atoms with Gasteiger partial charge < -0.3 is 10.1 Å². The van der Waals surface area contributed by atoms with Crippen LogP contribution in [0.25, 0.3) is 0 Å². The Labute approximate surface area is 124 Å². The van der Waals surface area contributed by atoms with Crippen LogP contribution < -0.4 is 10.0 Å². The molecule has 0 aliphatic heterocycles. The third-order valence-corrected chi connectivity index (χ3v) is 6.37. The zero-order valence-electron chi connectivity index (χ0n) is 9.70. The highest BCUT2D eigenvalue weighted by atomic mass is 79.9. The normalized spacial score (nSPS) is 11.9. The van der Waals surface area contributed by atoms with Crippen molar-refractivity contribution in [3.8, 4) is 0 Å². The zero-order valence-corrected chi connectivity index (χ0v) is 13.7. The lowest BCUT2D eigenvalue weighted by Gasteiger charge is -2.05. The summed E-state index contributed by atoms with van der Waals surface area (Å²) in [6.07, 6.45) is 0. The maximum Gasteiger partial charge on any atom is 0.250 e. The third-order valence-electron chi connectivity index (χ3n) is 1.96. The summed E-state index contributed by atoms with van der Waals surface area (Å²) in [5, 5.41) is 3.44. The predicted molar refractivity (Wildman–Crippen MR) is 77.0 cm³/mol. The second-order valence-corrected chi connectivity index (χ2v) is 8.10. The van der Waals surface area contributed by atoms with Gasteiger partial charge in [-0.05, 0) is 22.0 Å². The van der Waals surface area contributed by atoms with Crippen LogP contribution in [-0.4, -0.2) is 41.8 Å². The second kappa shape index (κ2) is 7.78. The van der Waals surface area contributed by atoms with Crippen LogP contribution in [0.1, 0.15) is 0 Å². The lowest BCUT2D eigenvalue weighted by molar-refractivity contribution is 0.199. The van der Waals surface area contributed by atoms with Gasteiger partial charge in [0.05, 0.1) is 15.4 Å². The standard InChI is InChI=1S/C9H14BrClN2O3S2/c1-16-5-4-12-2-3-13-18(14,15)8-6-7(11)9(10)17-8/h6,12-13H,2-5H2,1H3. The van der Waals surface area contributed by atoms with E-state index in [0.717, 1.165) is 11.3 Å². The van der Waals surface area contributed by atoms with Crippen molar-refractivity contribution in [2.45, 2.75) is 4.21 Å². The molecule has 5 nitrogen and oxygen atoms in total. The van der Waals surface area contributed by atoms with Crippen LogP contribution in [0.3, 0.4) is 0 Å². The Morgan fingerprint density at radius 2 is 2.17 bits per heavy atom. The van der Waals surface area contributed by atoms with Crippen LogP contribution in [-0.2, 0) is 14.8 Å². The van der Waals surface area contributed by atoms with Gasteiger partial charge >= 0.3 is 0 Å². The first kappa shape index (κ1) is 16.4. The van der Waals surface area contributed by atoms with Crippen LogP contribution in [0.4, 0.5) is 0 Å². The Hall–Kier alpha value is 0.300. The van der Waals surface area contributed by atoms with Crippen LogP contribution in [0.15, 0.2) is 14.1 Å². The first-order valence-electron chi connectivity index (χ1n) is 5.11. The summed E-state index contributed by atoms with van der Waals surface area (Å²) in [5.41, 5.74) is 0. The maximum atomic E-state index is 11.9. The summed E-state index contributed by atoms with van der Waals surface area (Å²) in [4.78, 5) is 0. The summed E-state index contributed by atoms with van der Waals surface area (Å²) < 4.78 is 31.9. The van der Waals surface area contributed by atoms with Crippen molar-refractivity contribution < 1.29 is 13.2 Å². The molecule has 0 aliphatic rings. The van der Waals surface area contributed by atoms with Gasteiger partial charge in [0, 0.05) is 26.7 Å². The van der Waals surface area contributed by atoms with E-state index in [0.29, 0.717) is 35.1 Å². The van der Waals surface area contributed by atoms with Crippen molar-refractivity contribution in [2.75, 3.05) is 33.4 Å². The number of methoxy groups -OCH3 is 1. The average molecular weight is 378 g/mol. The van der Waals surface area contributed by atoms with E-state index in [1.54, 1.807) is 7.11 Å². The molecule has 1 rings (SSSR count). The van der Waals surface area contributed by atoms with Crippen LogP contribution in [0.5, 0.6) is 0 Å². The lowest BCUT2D eigenvalue weighted by atomic mass is 10.6. The number of thiophene rings is 1. The summed E-state index contributed by atoms with van der Waals surface area (Å²) in [7, 11) is -1.86. The monoisotopic (exact) mass is 376 g/mol. The van der Waals surface area contributed by atoms with Crippen molar-refractivity contribution in [3.05, 3.63) is 14.9 Å². The molecule has 0 unspecified atom stereocenters. The molecular formula is C9H14BrClN2O3S2. The SMILES string of the molecule is COCCNCCNS(=O)(=O)c1cc(Cl)c(Br)s1. The molecule has 18 heavy (non-hydrogen) atoms. The van der Waals surface area contributed by atoms with Gasteiger partial charge in [-0.2, -0.15) is 0 Å². The highest BCUT2D eigenvalue weighted by Gasteiger charge is 2.18. The minimum absolute atomic E-state index is 0.205. The average Bonchev–Trinajstić information content (AvgIpc) is 2.65. The third kappa shape index (κ3) is 5.12. The number of hydrogen-bond acceptors (Lipinski definition) is 5. The molecule has 0 atom stereocenters. The topological polar surface area (TPSA) is 67.4 Å². The van der Waals surface area contributed by atoms with Crippen LogP contribution >= 0.6 is 38.9 Å². The van der Waals surface area contributed by atoms with Gasteiger partial charge in [0.15, 0.2) is 0 Å². The van der Waals surface area contributed by atoms with Gasteiger partial charge in [-0.1, -0.05) is 11.6 Å². The molecular weight excluding hydrogens is 364 g/mol. The highest BCUT2D eigenvalue weighted by Crippen LogP contribution is 2.34. The van der Waals surface area contributed by atoms with Gasteiger partial charge in [-0.3, -0.25) is 0 Å². The van der Waals surface area contributed by atoms with Crippen LogP contribution in [0.2, 0.25) is 5.02 Å². The van der Waals surface area contributed by atoms with Gasteiger partial charge in [0.1, 0.15) is 4.21 Å². The Kier molecular flexibility index (Phi) is 7.07. The fourth-order valence-corrected chi connectivity index (χ4v) is 4.58. The number of sulfonamides is 1. The van der Waals surface area contributed by atoms with E-state index >= 15 is 0 Å². The summed E-state index contributed by atoms with van der Waals surface area (Å²) in [6, 6.07) is 1.43. The van der Waals surface area contributed by atoms with Crippen molar-refractivity contribution in [3.63, 3.8) is 0 Å². The molecule has 0 fully saturated rings. The summed E-state index contributed by atoms with van der Waals surface area (Å²) >= 11 is 10.1. The number of hydrogen-bond donors (Lipinski definition) is 2. The molecule has 0 amide bonds. The number of nitrogens with one attached hydrogen (secondary N) is 2. The van der Waals surface area contributed by atoms with E-state index in [1.807, 2.05) is 0 Å². The minimum Gasteiger partial charge on any atom is -0.383 e. The molecule has 1 aromatic rings. The smallest absolute Gasteiger partial charge is 0.250 e. The Morgan fingerprint density at radius 1 is 1.44 bits per heavy atom. The van der Waals surface area contributed by atoms with Crippen molar-refractivity contribution >= 4 is 48.9 Å². The highest BCUT2D eigenvalue weighted by molar-refractivity contribution is 9.11. The summed E-state index contributed by atoms with van der Waals surface area (Å²) in [5.74, 6) is 0. The largest absolute Gasteiger partial charge is 0.383 e. The zero-order chi connectivity index (χ0) is 13.6. The van der Waals surface area contributed by atoms with Gasteiger partial charge in [-0.25, -0.2) is 13.1 Å². The predicted octanol–water partition coefficient (Wildman–Crippen LogP) is 1.68. The molecule has 1 heterocycles. The van der Waals surface area contributed by atoms with E-state index in [4.69, 9.17) is 16.3 Å². The second-order valence-electron chi connectivity index (χ2n) is 3.33. The van der Waals surface area contributed by atoms with Crippen molar-refractivity contribution in [1.29, 1.82) is 0 Å². The molecule has 2 N–H and O–H groups in total. The molecule has 0 aliphatic carbocycles. The Balaban J connectivity index is 2.41.